The molecule has 0 aliphatic rings. The van der Waals surface area contributed by atoms with E-state index in [1.807, 2.05) is 40.6 Å². The molecule has 0 amide bonds. The fourth-order valence-electron chi connectivity index (χ4n) is 2.24. The fourth-order valence-corrected chi connectivity index (χ4v) is 2.24. The van der Waals surface area contributed by atoms with Crippen LogP contribution in [0.2, 0.25) is 0 Å². The lowest BCUT2D eigenvalue weighted by atomic mass is 10.2. The Hall–Kier alpha value is -2.37. The van der Waals surface area contributed by atoms with Crippen LogP contribution in [0.5, 0.6) is 0 Å². The highest BCUT2D eigenvalue weighted by atomic mass is 15.3. The van der Waals surface area contributed by atoms with Gasteiger partial charge in [-0.2, -0.15) is 10.2 Å². The first kappa shape index (κ1) is 12.7. The molecule has 1 N–H and O–H groups in total. The highest BCUT2D eigenvalue weighted by Gasteiger charge is 2.08. The molecule has 3 heterocycles. The molecule has 0 fully saturated rings. The Morgan fingerprint density at radius 1 is 1.30 bits per heavy atom. The molecule has 1 unspecified atom stereocenters. The Kier molecular flexibility index (Phi) is 3.37. The Labute approximate surface area is 117 Å². The van der Waals surface area contributed by atoms with Crippen molar-refractivity contribution in [3.63, 3.8) is 0 Å². The van der Waals surface area contributed by atoms with Crippen LogP contribution in [0.1, 0.15) is 12.6 Å². The molecule has 0 spiro atoms. The SMILES string of the molecule is Cc1cc2c(NCC(C)Cn3cccn3)nccn2n1. The van der Waals surface area contributed by atoms with E-state index in [0.29, 0.717) is 5.92 Å². The van der Waals surface area contributed by atoms with Crippen LogP contribution in [-0.4, -0.2) is 30.9 Å². The van der Waals surface area contributed by atoms with Gasteiger partial charge in [0.1, 0.15) is 5.52 Å². The summed E-state index contributed by atoms with van der Waals surface area (Å²) in [7, 11) is 0. The number of aromatic nitrogens is 5. The number of fused-ring (bicyclic) bond motifs is 1. The molecular formula is C14H18N6. The zero-order valence-corrected chi connectivity index (χ0v) is 11.7. The minimum absolute atomic E-state index is 0.459. The lowest BCUT2D eigenvalue weighted by molar-refractivity contribution is 0.467. The first-order chi connectivity index (χ1) is 9.72. The van der Waals surface area contributed by atoms with E-state index < -0.39 is 0 Å². The molecule has 3 rings (SSSR count). The summed E-state index contributed by atoms with van der Waals surface area (Å²) in [6, 6.07) is 3.98. The van der Waals surface area contributed by atoms with Gasteiger partial charge in [0.25, 0.3) is 0 Å². The summed E-state index contributed by atoms with van der Waals surface area (Å²) in [5.74, 6) is 1.33. The molecule has 3 aromatic heterocycles. The van der Waals surface area contributed by atoms with Crippen molar-refractivity contribution in [1.29, 1.82) is 0 Å². The molecule has 0 bridgehead atoms. The maximum atomic E-state index is 4.39. The zero-order chi connectivity index (χ0) is 13.9. The van der Waals surface area contributed by atoms with Gasteiger partial charge in [0, 0.05) is 37.9 Å². The van der Waals surface area contributed by atoms with Crippen molar-refractivity contribution in [3.05, 3.63) is 42.6 Å². The second-order valence-electron chi connectivity index (χ2n) is 5.11. The van der Waals surface area contributed by atoms with Gasteiger partial charge >= 0.3 is 0 Å². The summed E-state index contributed by atoms with van der Waals surface area (Å²) in [5, 5.41) is 12.0. The van der Waals surface area contributed by atoms with Gasteiger partial charge < -0.3 is 5.32 Å². The van der Waals surface area contributed by atoms with E-state index in [-0.39, 0.29) is 0 Å². The first-order valence-electron chi connectivity index (χ1n) is 6.74. The highest BCUT2D eigenvalue weighted by Crippen LogP contribution is 2.15. The Morgan fingerprint density at radius 3 is 3.00 bits per heavy atom. The number of hydrogen-bond acceptors (Lipinski definition) is 4. The molecule has 0 radical (unpaired) electrons. The van der Waals surface area contributed by atoms with Crippen molar-refractivity contribution < 1.29 is 0 Å². The van der Waals surface area contributed by atoms with Crippen LogP contribution in [0.25, 0.3) is 5.52 Å². The second kappa shape index (κ2) is 5.32. The molecule has 0 aromatic carbocycles. The Bertz CT molecular complexity index is 685. The molecule has 6 heteroatoms. The lowest BCUT2D eigenvalue weighted by Gasteiger charge is -2.13. The largest absolute Gasteiger partial charge is 0.368 e. The number of nitrogens with zero attached hydrogens (tertiary/aromatic N) is 5. The average molecular weight is 270 g/mol. The number of hydrogen-bond donors (Lipinski definition) is 1. The molecule has 0 aliphatic carbocycles. The maximum absolute atomic E-state index is 4.39. The van der Waals surface area contributed by atoms with Gasteiger partial charge in [0.2, 0.25) is 0 Å². The predicted molar refractivity (Wildman–Crippen MR) is 77.6 cm³/mol. The summed E-state index contributed by atoms with van der Waals surface area (Å²) >= 11 is 0. The van der Waals surface area contributed by atoms with Crippen molar-refractivity contribution in [2.75, 3.05) is 11.9 Å². The van der Waals surface area contributed by atoms with Crippen LogP contribution < -0.4 is 5.32 Å². The average Bonchev–Trinajstić information content (AvgIpc) is 3.04. The molecule has 3 aromatic rings. The number of rotatable bonds is 5. The number of nitrogens with one attached hydrogen (secondary N) is 1. The second-order valence-corrected chi connectivity index (χ2v) is 5.11. The quantitative estimate of drug-likeness (QED) is 0.770. The molecule has 0 aliphatic heterocycles. The van der Waals surface area contributed by atoms with Gasteiger partial charge in [0.05, 0.1) is 5.69 Å². The van der Waals surface area contributed by atoms with Crippen LogP contribution in [0.15, 0.2) is 36.9 Å². The van der Waals surface area contributed by atoms with Crippen molar-refractivity contribution >= 4 is 11.3 Å². The van der Waals surface area contributed by atoms with Gasteiger partial charge in [-0.15, -0.1) is 0 Å². The monoisotopic (exact) mass is 270 g/mol. The summed E-state index contributed by atoms with van der Waals surface area (Å²) in [6.45, 7) is 5.91. The van der Waals surface area contributed by atoms with Crippen LogP contribution in [-0.2, 0) is 6.54 Å². The minimum atomic E-state index is 0.459. The molecule has 20 heavy (non-hydrogen) atoms. The molecule has 0 saturated heterocycles. The smallest absolute Gasteiger partial charge is 0.152 e. The van der Waals surface area contributed by atoms with E-state index in [0.717, 1.165) is 30.1 Å². The molecular weight excluding hydrogens is 252 g/mol. The van der Waals surface area contributed by atoms with Gasteiger partial charge in [-0.3, -0.25) is 4.68 Å². The van der Waals surface area contributed by atoms with E-state index in [9.17, 15) is 0 Å². The molecule has 0 saturated carbocycles. The third-order valence-electron chi connectivity index (χ3n) is 3.19. The van der Waals surface area contributed by atoms with E-state index in [2.05, 4.69) is 27.4 Å². The Balaban J connectivity index is 1.67. The number of anilines is 1. The third kappa shape index (κ3) is 2.64. The zero-order valence-electron chi connectivity index (χ0n) is 11.7. The fraction of sp³-hybridized carbons (Fsp3) is 0.357. The van der Waals surface area contributed by atoms with Crippen molar-refractivity contribution in [2.24, 2.45) is 5.92 Å². The van der Waals surface area contributed by atoms with Crippen LogP contribution in [0.3, 0.4) is 0 Å². The van der Waals surface area contributed by atoms with Gasteiger partial charge in [-0.25, -0.2) is 9.50 Å². The maximum Gasteiger partial charge on any atom is 0.152 e. The minimum Gasteiger partial charge on any atom is -0.368 e. The van der Waals surface area contributed by atoms with Crippen LogP contribution in [0, 0.1) is 12.8 Å². The van der Waals surface area contributed by atoms with Crippen molar-refractivity contribution in [2.45, 2.75) is 20.4 Å². The highest BCUT2D eigenvalue weighted by molar-refractivity contribution is 5.67. The Morgan fingerprint density at radius 2 is 2.20 bits per heavy atom. The standard InChI is InChI=1S/C14H18N6/c1-11(10-19-6-3-4-17-19)9-16-14-13-8-12(2)18-20(13)7-5-15-14/h3-8,11H,9-10H2,1-2H3,(H,15,16). The van der Waals surface area contributed by atoms with Crippen LogP contribution in [0.4, 0.5) is 5.82 Å². The van der Waals surface area contributed by atoms with Gasteiger partial charge in [-0.1, -0.05) is 6.92 Å². The first-order valence-corrected chi connectivity index (χ1v) is 6.74. The van der Waals surface area contributed by atoms with Gasteiger partial charge in [0.15, 0.2) is 5.82 Å². The molecule has 1 atom stereocenters. The third-order valence-corrected chi connectivity index (χ3v) is 3.19. The van der Waals surface area contributed by atoms with Crippen molar-refractivity contribution in [3.8, 4) is 0 Å². The van der Waals surface area contributed by atoms with E-state index in [4.69, 9.17) is 0 Å². The summed E-state index contributed by atoms with van der Waals surface area (Å²) < 4.78 is 3.80. The lowest BCUT2D eigenvalue weighted by Crippen LogP contribution is -2.18. The molecule has 6 nitrogen and oxygen atoms in total. The van der Waals surface area contributed by atoms with Gasteiger partial charge in [-0.05, 0) is 25.0 Å². The topological polar surface area (TPSA) is 60.0 Å². The summed E-state index contributed by atoms with van der Waals surface area (Å²) in [4.78, 5) is 4.39. The van der Waals surface area contributed by atoms with E-state index in [1.54, 1.807) is 12.4 Å². The summed E-state index contributed by atoms with van der Waals surface area (Å²) in [6.07, 6.45) is 7.41. The normalized spacial score (nSPS) is 12.7. The van der Waals surface area contributed by atoms with E-state index >= 15 is 0 Å². The van der Waals surface area contributed by atoms with Crippen LogP contribution >= 0.6 is 0 Å². The predicted octanol–water partition coefficient (Wildman–Crippen LogP) is 1.98. The van der Waals surface area contributed by atoms with E-state index in [1.165, 1.54) is 0 Å². The number of aryl methyl sites for hydroxylation is 1. The van der Waals surface area contributed by atoms with Crippen molar-refractivity contribution in [1.82, 2.24) is 24.4 Å². The molecule has 104 valence electrons. The summed E-state index contributed by atoms with van der Waals surface area (Å²) in [5.41, 5.74) is 2.00.